The van der Waals surface area contributed by atoms with E-state index in [1.165, 1.54) is 4.57 Å². The van der Waals surface area contributed by atoms with Crippen molar-refractivity contribution in [2.75, 3.05) is 13.2 Å². The maximum absolute atomic E-state index is 12.7. The summed E-state index contributed by atoms with van der Waals surface area (Å²) in [7, 11) is 0. The Bertz CT molecular complexity index is 892. The number of hydrogen-bond donors (Lipinski definition) is 2. The van der Waals surface area contributed by atoms with Gasteiger partial charge in [-0.3, -0.25) is 9.59 Å². The molecule has 2 heterocycles. The van der Waals surface area contributed by atoms with Gasteiger partial charge in [0.15, 0.2) is 0 Å². The van der Waals surface area contributed by atoms with Crippen LogP contribution in [0.15, 0.2) is 29.1 Å². The third-order valence-electron chi connectivity index (χ3n) is 4.33. The summed E-state index contributed by atoms with van der Waals surface area (Å²) < 4.78 is 6.81. The first-order valence-electron chi connectivity index (χ1n) is 8.24. The number of aryl methyl sites for hydroxylation is 1. The van der Waals surface area contributed by atoms with Crippen LogP contribution in [0.1, 0.15) is 29.6 Å². The Morgan fingerprint density at radius 3 is 2.96 bits per heavy atom. The van der Waals surface area contributed by atoms with Crippen LogP contribution in [0.25, 0.3) is 10.9 Å². The van der Waals surface area contributed by atoms with Gasteiger partial charge in [0, 0.05) is 25.1 Å². The summed E-state index contributed by atoms with van der Waals surface area (Å²) in [4.78, 5) is 25.3. The topological polar surface area (TPSA) is 104 Å². The second-order valence-electron chi connectivity index (χ2n) is 5.95. The van der Waals surface area contributed by atoms with Gasteiger partial charge in [0.05, 0.1) is 24.1 Å². The SMILES string of the molecule is N#CCCn1c(=O)c(C(=O)NC[C@@H]2CCCO2)c(O)c2ccccc21. The van der Waals surface area contributed by atoms with Crippen molar-refractivity contribution in [3.05, 3.63) is 40.2 Å². The molecule has 2 N–H and O–H groups in total. The molecule has 1 saturated heterocycles. The number of aromatic hydroxyl groups is 1. The molecule has 7 nitrogen and oxygen atoms in total. The number of aromatic nitrogens is 1. The number of para-hydroxylation sites is 1. The molecule has 1 atom stereocenters. The Morgan fingerprint density at radius 2 is 2.24 bits per heavy atom. The minimum atomic E-state index is -0.630. The third-order valence-corrected chi connectivity index (χ3v) is 4.33. The second-order valence-corrected chi connectivity index (χ2v) is 5.95. The van der Waals surface area contributed by atoms with Crippen LogP contribution in [-0.2, 0) is 11.3 Å². The number of fused-ring (bicyclic) bond motifs is 1. The molecule has 0 spiro atoms. The van der Waals surface area contributed by atoms with Crippen LogP contribution in [-0.4, -0.2) is 34.8 Å². The molecule has 3 rings (SSSR count). The Hall–Kier alpha value is -2.85. The van der Waals surface area contributed by atoms with Crippen molar-refractivity contribution in [3.8, 4) is 11.8 Å². The number of carbonyl (C=O) groups excluding carboxylic acids is 1. The summed E-state index contributed by atoms with van der Waals surface area (Å²) in [5.74, 6) is -0.965. The molecule has 0 bridgehead atoms. The molecule has 1 aromatic heterocycles. The maximum atomic E-state index is 12.7. The highest BCUT2D eigenvalue weighted by Crippen LogP contribution is 2.26. The van der Waals surface area contributed by atoms with Crippen LogP contribution >= 0.6 is 0 Å². The minimum absolute atomic E-state index is 0.0626. The van der Waals surface area contributed by atoms with E-state index >= 15 is 0 Å². The van der Waals surface area contributed by atoms with Gasteiger partial charge < -0.3 is 19.7 Å². The summed E-state index contributed by atoms with van der Waals surface area (Å²) >= 11 is 0. The monoisotopic (exact) mass is 341 g/mol. The largest absolute Gasteiger partial charge is 0.506 e. The summed E-state index contributed by atoms with van der Waals surface area (Å²) in [6.45, 7) is 1.12. The number of benzene rings is 1. The number of carbonyl (C=O) groups is 1. The van der Waals surface area contributed by atoms with Gasteiger partial charge in [-0.15, -0.1) is 0 Å². The molecule has 130 valence electrons. The zero-order valence-corrected chi connectivity index (χ0v) is 13.7. The van der Waals surface area contributed by atoms with Crippen molar-refractivity contribution in [2.24, 2.45) is 0 Å². The van der Waals surface area contributed by atoms with Crippen LogP contribution in [0.4, 0.5) is 0 Å². The van der Waals surface area contributed by atoms with Crippen molar-refractivity contribution >= 4 is 16.8 Å². The van der Waals surface area contributed by atoms with Crippen molar-refractivity contribution in [3.63, 3.8) is 0 Å². The number of nitriles is 1. The molecule has 1 amide bonds. The lowest BCUT2D eigenvalue weighted by molar-refractivity contribution is 0.0854. The van der Waals surface area contributed by atoms with E-state index in [1.54, 1.807) is 24.3 Å². The average molecular weight is 341 g/mol. The molecule has 1 aliphatic rings. The van der Waals surface area contributed by atoms with Gasteiger partial charge in [-0.2, -0.15) is 5.26 Å². The zero-order chi connectivity index (χ0) is 17.8. The van der Waals surface area contributed by atoms with Gasteiger partial charge in [-0.05, 0) is 25.0 Å². The predicted molar refractivity (Wildman–Crippen MR) is 91.4 cm³/mol. The zero-order valence-electron chi connectivity index (χ0n) is 13.7. The third kappa shape index (κ3) is 3.35. The number of nitrogens with one attached hydrogen (secondary N) is 1. The van der Waals surface area contributed by atoms with Gasteiger partial charge in [-0.25, -0.2) is 0 Å². The van der Waals surface area contributed by atoms with Crippen LogP contribution in [0, 0.1) is 11.3 Å². The Kier molecular flexibility index (Phi) is 5.00. The van der Waals surface area contributed by atoms with Crippen LogP contribution in [0.5, 0.6) is 5.75 Å². The summed E-state index contributed by atoms with van der Waals surface area (Å²) in [5.41, 5.74) is -0.401. The molecular weight excluding hydrogens is 322 g/mol. The average Bonchev–Trinajstić information content (AvgIpc) is 3.13. The molecule has 0 aliphatic carbocycles. The van der Waals surface area contributed by atoms with Crippen molar-refractivity contribution < 1.29 is 14.6 Å². The highest BCUT2D eigenvalue weighted by molar-refractivity contribution is 6.02. The quantitative estimate of drug-likeness (QED) is 0.858. The van der Waals surface area contributed by atoms with E-state index in [0.717, 1.165) is 12.8 Å². The lowest BCUT2D eigenvalue weighted by atomic mass is 10.1. The Balaban J connectivity index is 2.00. The van der Waals surface area contributed by atoms with E-state index in [4.69, 9.17) is 10.00 Å². The van der Waals surface area contributed by atoms with Crippen LogP contribution < -0.4 is 10.9 Å². The van der Waals surface area contributed by atoms with E-state index in [1.807, 2.05) is 6.07 Å². The van der Waals surface area contributed by atoms with E-state index < -0.39 is 11.5 Å². The number of nitrogens with zero attached hydrogens (tertiary/aromatic N) is 2. The fourth-order valence-corrected chi connectivity index (χ4v) is 3.08. The number of hydrogen-bond acceptors (Lipinski definition) is 5. The first-order valence-corrected chi connectivity index (χ1v) is 8.24. The van der Waals surface area contributed by atoms with E-state index in [0.29, 0.717) is 24.1 Å². The highest BCUT2D eigenvalue weighted by atomic mass is 16.5. The van der Waals surface area contributed by atoms with Gasteiger partial charge in [0.1, 0.15) is 11.3 Å². The Labute approximate surface area is 144 Å². The summed E-state index contributed by atoms with van der Waals surface area (Å²) in [5, 5.41) is 22.4. The standard InChI is InChI=1S/C18H19N3O4/c19-8-4-9-21-14-7-2-1-6-13(14)16(22)15(18(21)24)17(23)20-11-12-5-3-10-25-12/h1-2,6-7,12,22H,3-5,9-11H2,(H,20,23)/t12-/m0/s1. The molecule has 0 radical (unpaired) electrons. The molecule has 1 aromatic carbocycles. The fraction of sp³-hybridized carbons (Fsp3) is 0.389. The van der Waals surface area contributed by atoms with E-state index in [2.05, 4.69) is 5.32 Å². The minimum Gasteiger partial charge on any atom is -0.506 e. The normalized spacial score (nSPS) is 16.7. The van der Waals surface area contributed by atoms with Crippen molar-refractivity contribution in [1.82, 2.24) is 9.88 Å². The van der Waals surface area contributed by atoms with Gasteiger partial charge in [0.25, 0.3) is 11.5 Å². The predicted octanol–water partition coefficient (Wildman–Crippen LogP) is 1.53. The smallest absolute Gasteiger partial charge is 0.267 e. The van der Waals surface area contributed by atoms with Crippen LogP contribution in [0.2, 0.25) is 0 Å². The molecule has 7 heteroatoms. The molecular formula is C18H19N3O4. The Morgan fingerprint density at radius 1 is 1.44 bits per heavy atom. The van der Waals surface area contributed by atoms with Gasteiger partial charge in [-0.1, -0.05) is 12.1 Å². The van der Waals surface area contributed by atoms with Crippen LogP contribution in [0.3, 0.4) is 0 Å². The van der Waals surface area contributed by atoms with E-state index in [-0.39, 0.29) is 30.4 Å². The first kappa shape index (κ1) is 17.0. The molecule has 0 unspecified atom stereocenters. The molecule has 25 heavy (non-hydrogen) atoms. The van der Waals surface area contributed by atoms with Crippen molar-refractivity contribution in [1.29, 1.82) is 5.26 Å². The number of pyridine rings is 1. The van der Waals surface area contributed by atoms with Gasteiger partial charge in [0.2, 0.25) is 0 Å². The molecule has 2 aromatic rings. The number of amides is 1. The first-order chi connectivity index (χ1) is 12.1. The van der Waals surface area contributed by atoms with Crippen molar-refractivity contribution in [2.45, 2.75) is 31.9 Å². The second kappa shape index (κ2) is 7.36. The van der Waals surface area contributed by atoms with E-state index in [9.17, 15) is 14.7 Å². The molecule has 1 aliphatic heterocycles. The number of rotatable bonds is 5. The van der Waals surface area contributed by atoms with Gasteiger partial charge >= 0.3 is 0 Å². The highest BCUT2D eigenvalue weighted by Gasteiger charge is 2.23. The maximum Gasteiger partial charge on any atom is 0.267 e. The lowest BCUT2D eigenvalue weighted by Gasteiger charge is -2.15. The number of ether oxygens (including phenoxy) is 1. The molecule has 1 fully saturated rings. The lowest BCUT2D eigenvalue weighted by Crippen LogP contribution is -2.37. The molecule has 0 saturated carbocycles. The fourth-order valence-electron chi connectivity index (χ4n) is 3.08. The summed E-state index contributed by atoms with van der Waals surface area (Å²) in [6, 6.07) is 8.77. The summed E-state index contributed by atoms with van der Waals surface area (Å²) in [6.07, 6.45) is 1.87.